The summed E-state index contributed by atoms with van der Waals surface area (Å²) in [6.07, 6.45) is 10.8. The van der Waals surface area contributed by atoms with Crippen LogP contribution >= 0.6 is 0 Å². The molecule has 2 aromatic heterocycles. The van der Waals surface area contributed by atoms with Gasteiger partial charge in [-0.15, -0.1) is 0 Å². The largest absolute Gasteiger partial charge is 0.355 e. The lowest BCUT2D eigenvalue weighted by Crippen LogP contribution is -2.52. The zero-order valence-corrected chi connectivity index (χ0v) is 20.5. The Labute approximate surface area is 201 Å². The topological polar surface area (TPSA) is 95.0 Å². The zero-order valence-electron chi connectivity index (χ0n) is 20.5. The Balaban J connectivity index is 1.27. The fraction of sp³-hybridized carbons (Fsp3) is 0.720. The summed E-state index contributed by atoms with van der Waals surface area (Å²) in [6, 6.07) is 3.22. The third-order valence-electron chi connectivity index (χ3n) is 8.54. The summed E-state index contributed by atoms with van der Waals surface area (Å²) in [5, 5.41) is 8.58. The highest BCUT2D eigenvalue weighted by atomic mass is 16.2. The maximum absolute atomic E-state index is 13.8. The van der Waals surface area contributed by atoms with Crippen molar-refractivity contribution >= 4 is 17.4 Å². The Morgan fingerprint density at radius 3 is 2.74 bits per heavy atom. The average Bonchev–Trinajstić information content (AvgIpc) is 3.55. The van der Waals surface area contributed by atoms with E-state index in [0.717, 1.165) is 68.0 Å². The number of aromatic nitrogens is 3. The van der Waals surface area contributed by atoms with E-state index in [1.807, 2.05) is 4.52 Å². The summed E-state index contributed by atoms with van der Waals surface area (Å²) < 4.78 is 1.88. The number of nitrogens with two attached hydrogens (primary N) is 1. The van der Waals surface area contributed by atoms with Gasteiger partial charge in [0.05, 0.1) is 11.7 Å². The van der Waals surface area contributed by atoms with Crippen LogP contribution in [0, 0.1) is 6.92 Å². The van der Waals surface area contributed by atoms with Crippen LogP contribution in [0.1, 0.15) is 68.7 Å². The van der Waals surface area contributed by atoms with Crippen molar-refractivity contribution in [2.75, 3.05) is 31.6 Å². The van der Waals surface area contributed by atoms with Gasteiger partial charge in [0.15, 0.2) is 5.65 Å². The molecule has 6 rings (SSSR count). The molecule has 3 saturated heterocycles. The fourth-order valence-electron chi connectivity index (χ4n) is 6.69. The van der Waals surface area contributed by atoms with Crippen molar-refractivity contribution in [3.05, 3.63) is 23.5 Å². The molecule has 9 heteroatoms. The number of nitrogens with zero attached hydrogens (tertiary/aromatic N) is 6. The summed E-state index contributed by atoms with van der Waals surface area (Å²) in [6.45, 7) is 4.67. The van der Waals surface area contributed by atoms with E-state index in [1.54, 1.807) is 0 Å². The van der Waals surface area contributed by atoms with Gasteiger partial charge in [0, 0.05) is 55.6 Å². The van der Waals surface area contributed by atoms with Crippen LogP contribution in [-0.2, 0) is 4.79 Å². The molecule has 34 heavy (non-hydrogen) atoms. The lowest BCUT2D eigenvalue weighted by Gasteiger charge is -2.37. The number of carbonyl (C=O) groups is 1. The van der Waals surface area contributed by atoms with Crippen molar-refractivity contribution in [2.24, 2.45) is 5.73 Å². The monoisotopic (exact) mass is 466 g/mol. The Hall–Kier alpha value is -2.23. The van der Waals surface area contributed by atoms with Crippen LogP contribution in [0.2, 0.25) is 0 Å². The van der Waals surface area contributed by atoms with Crippen molar-refractivity contribution in [3.63, 3.8) is 0 Å². The van der Waals surface area contributed by atoms with Gasteiger partial charge in [-0.25, -0.2) is 9.50 Å². The van der Waals surface area contributed by atoms with Crippen LogP contribution in [0.25, 0.3) is 5.65 Å². The first-order valence-electron chi connectivity index (χ1n) is 13.2. The number of aryl methyl sites for hydroxylation is 1. The summed E-state index contributed by atoms with van der Waals surface area (Å²) in [7, 11) is 2.12. The van der Waals surface area contributed by atoms with Crippen LogP contribution in [-0.4, -0.2) is 81.3 Å². The lowest BCUT2D eigenvalue weighted by atomic mass is 9.91. The molecule has 3 aliphatic heterocycles. The minimum Gasteiger partial charge on any atom is -0.355 e. The number of carbonyl (C=O) groups excluding carboxylic acids is 1. The second-order valence-electron chi connectivity index (χ2n) is 10.9. The smallest absolute Gasteiger partial charge is 0.255 e. The molecule has 1 saturated carbocycles. The van der Waals surface area contributed by atoms with E-state index in [1.165, 1.54) is 25.7 Å². The van der Waals surface area contributed by atoms with Crippen molar-refractivity contribution in [2.45, 2.75) is 88.6 Å². The van der Waals surface area contributed by atoms with Crippen LogP contribution < -0.4 is 16.0 Å². The van der Waals surface area contributed by atoms with Crippen molar-refractivity contribution < 1.29 is 4.79 Å². The molecule has 2 aromatic rings. The number of piperidine rings is 1. The Bertz CT molecular complexity index is 1070. The number of hydrogen-bond acceptors (Lipinski definition) is 7. The van der Waals surface area contributed by atoms with Crippen molar-refractivity contribution in [1.29, 1.82) is 0 Å². The Morgan fingerprint density at radius 1 is 1.12 bits per heavy atom. The number of fused-ring (bicyclic) bond motifs is 2. The summed E-state index contributed by atoms with van der Waals surface area (Å²) in [5.41, 5.74) is 9.04. The van der Waals surface area contributed by atoms with E-state index >= 15 is 0 Å². The van der Waals surface area contributed by atoms with E-state index in [0.29, 0.717) is 12.1 Å². The molecule has 5 heterocycles. The maximum Gasteiger partial charge on any atom is 0.255 e. The molecular weight excluding hydrogens is 428 g/mol. The number of likely N-dealkylation sites (tertiary alicyclic amines) is 1. The van der Waals surface area contributed by atoms with Crippen molar-refractivity contribution in [3.8, 4) is 0 Å². The van der Waals surface area contributed by atoms with Gasteiger partial charge in [-0.2, -0.15) is 5.10 Å². The molecule has 4 fully saturated rings. The normalized spacial score (nSPS) is 32.5. The number of likely N-dealkylation sites (N-methyl/N-ethyl adjacent to an activating group) is 1. The molecule has 0 bridgehead atoms. The third kappa shape index (κ3) is 3.78. The number of nitrogens with one attached hydrogen (secondary N) is 1. The van der Waals surface area contributed by atoms with Crippen LogP contribution in [0.3, 0.4) is 0 Å². The number of amides is 1. The minimum atomic E-state index is -0.225. The molecule has 4 aliphatic rings. The molecule has 0 radical (unpaired) electrons. The molecule has 3 unspecified atom stereocenters. The molecule has 0 aromatic carbocycles. The second kappa shape index (κ2) is 8.77. The number of anilines is 1. The first kappa shape index (κ1) is 22.2. The first-order chi connectivity index (χ1) is 16.5. The van der Waals surface area contributed by atoms with E-state index in [9.17, 15) is 4.79 Å². The third-order valence-corrected chi connectivity index (χ3v) is 8.54. The Kier molecular flexibility index (Phi) is 5.74. The Morgan fingerprint density at radius 2 is 1.94 bits per heavy atom. The quantitative estimate of drug-likeness (QED) is 0.712. The zero-order chi connectivity index (χ0) is 23.4. The highest BCUT2D eigenvalue weighted by Crippen LogP contribution is 2.35. The predicted molar refractivity (Wildman–Crippen MR) is 132 cm³/mol. The van der Waals surface area contributed by atoms with E-state index in [4.69, 9.17) is 15.8 Å². The number of hydrogen-bond donors (Lipinski definition) is 2. The lowest BCUT2D eigenvalue weighted by molar-refractivity contribution is -0.140. The van der Waals surface area contributed by atoms with Gasteiger partial charge in [-0.3, -0.25) is 15.0 Å². The molecule has 184 valence electrons. The first-order valence-corrected chi connectivity index (χ1v) is 13.2. The molecule has 3 N–H and O–H groups in total. The highest BCUT2D eigenvalue weighted by Gasteiger charge is 2.45. The van der Waals surface area contributed by atoms with Gasteiger partial charge in [-0.1, -0.05) is 12.8 Å². The average molecular weight is 467 g/mol. The molecular formula is C25H38N8O. The van der Waals surface area contributed by atoms with Crippen LogP contribution in [0.15, 0.2) is 12.3 Å². The van der Waals surface area contributed by atoms with Gasteiger partial charge in [0.2, 0.25) is 0 Å². The summed E-state index contributed by atoms with van der Waals surface area (Å²) >= 11 is 0. The van der Waals surface area contributed by atoms with Crippen LogP contribution in [0.4, 0.5) is 5.82 Å². The fourth-order valence-corrected chi connectivity index (χ4v) is 6.69. The van der Waals surface area contributed by atoms with Gasteiger partial charge in [0.25, 0.3) is 5.91 Å². The van der Waals surface area contributed by atoms with Crippen molar-refractivity contribution in [1.82, 2.24) is 29.7 Å². The second-order valence-corrected chi connectivity index (χ2v) is 10.9. The summed E-state index contributed by atoms with van der Waals surface area (Å²) in [4.78, 5) is 25.4. The molecule has 0 spiro atoms. The molecule has 9 nitrogen and oxygen atoms in total. The SMILES string of the molecule is Cc1cn2nc([C@@H]3CCCCN3C(=O)C3NC4CCCCC4N3C)cc2nc1N1CC[C@H](N)C1. The molecule has 5 atom stereocenters. The molecule has 1 amide bonds. The van der Waals surface area contributed by atoms with Crippen LogP contribution in [0.5, 0.6) is 0 Å². The van der Waals surface area contributed by atoms with Gasteiger partial charge >= 0.3 is 0 Å². The van der Waals surface area contributed by atoms with Gasteiger partial charge in [0.1, 0.15) is 12.0 Å². The standard InChI is InChI=1S/C25H38N8O/c1-16-14-33-22(28-23(16)31-12-10-17(26)15-31)13-19(29-33)21-9-5-6-11-32(21)25(34)24-27-18-7-3-4-8-20(18)30(24)2/h13-14,17-18,20-21,24,27H,3-12,15,26H2,1-2H3/t17-,18?,20?,21-,24?/m0/s1. The predicted octanol–water partition coefficient (Wildman–Crippen LogP) is 1.80. The van der Waals surface area contributed by atoms with Gasteiger partial charge in [-0.05, 0) is 52.5 Å². The minimum absolute atomic E-state index is 0.00439. The van der Waals surface area contributed by atoms with E-state index < -0.39 is 0 Å². The highest BCUT2D eigenvalue weighted by molar-refractivity contribution is 5.82. The maximum atomic E-state index is 13.8. The summed E-state index contributed by atoms with van der Waals surface area (Å²) in [5.74, 6) is 1.21. The number of rotatable bonds is 3. The van der Waals surface area contributed by atoms with Gasteiger partial charge < -0.3 is 15.5 Å². The molecule has 1 aliphatic carbocycles. The van der Waals surface area contributed by atoms with E-state index in [-0.39, 0.29) is 24.2 Å². The van der Waals surface area contributed by atoms with E-state index in [2.05, 4.69) is 46.3 Å².